The topological polar surface area (TPSA) is 105 Å². The smallest absolute Gasteiger partial charge is 0.227 e. The lowest BCUT2D eigenvalue weighted by Gasteiger charge is -2.16. The van der Waals surface area contributed by atoms with Crippen molar-refractivity contribution >= 4 is 57.7 Å². The van der Waals surface area contributed by atoms with Gasteiger partial charge in [0.25, 0.3) is 0 Å². The van der Waals surface area contributed by atoms with Crippen LogP contribution in [0.4, 0.5) is 11.5 Å². The van der Waals surface area contributed by atoms with Crippen LogP contribution < -0.4 is 15.5 Å². The SMILES string of the molecule is CCCNc1nc(SCC)nc2c1cnn2CCNC(=O)C1CC(=O)N(c2ccc(Cl)cc2)C1. The standard InChI is InChI=1S/C23H28ClN7O2S/c1-3-9-25-20-18-13-27-31(21(18)29-23(28-20)34-4-2)11-10-26-22(33)15-12-19(32)30(14-15)17-7-5-16(24)6-8-17/h5-8,13,15H,3-4,9-12,14H2,1-2H3,(H,26,33)(H,25,28,29). The number of amides is 2. The first-order valence-corrected chi connectivity index (χ1v) is 12.8. The number of halogens is 1. The van der Waals surface area contributed by atoms with Crippen molar-refractivity contribution in [3.8, 4) is 0 Å². The number of carbonyl (C=O) groups excluding carboxylic acids is 2. The van der Waals surface area contributed by atoms with Gasteiger partial charge in [-0.05, 0) is 36.4 Å². The first-order chi connectivity index (χ1) is 16.5. The van der Waals surface area contributed by atoms with Gasteiger partial charge in [0, 0.05) is 36.8 Å². The number of carbonyl (C=O) groups is 2. The van der Waals surface area contributed by atoms with E-state index in [1.165, 1.54) is 0 Å². The first-order valence-electron chi connectivity index (χ1n) is 11.4. The summed E-state index contributed by atoms with van der Waals surface area (Å²) in [5.74, 6) is 1.06. The van der Waals surface area contributed by atoms with E-state index in [0.29, 0.717) is 29.8 Å². The fourth-order valence-corrected chi connectivity index (χ4v) is 4.54. The minimum Gasteiger partial charge on any atom is -0.369 e. The first kappa shape index (κ1) is 24.3. The monoisotopic (exact) mass is 501 g/mol. The van der Waals surface area contributed by atoms with E-state index in [0.717, 1.165) is 41.3 Å². The Labute approximate surface area is 207 Å². The highest BCUT2D eigenvalue weighted by Gasteiger charge is 2.35. The van der Waals surface area contributed by atoms with Crippen molar-refractivity contribution < 1.29 is 9.59 Å². The predicted octanol–water partition coefficient (Wildman–Crippen LogP) is 3.58. The van der Waals surface area contributed by atoms with E-state index >= 15 is 0 Å². The summed E-state index contributed by atoms with van der Waals surface area (Å²) in [4.78, 5) is 36.1. The lowest BCUT2D eigenvalue weighted by atomic mass is 10.1. The van der Waals surface area contributed by atoms with E-state index < -0.39 is 5.92 Å². The molecule has 2 amide bonds. The van der Waals surface area contributed by atoms with Gasteiger partial charge in [0.1, 0.15) is 5.82 Å². The Hall–Kier alpha value is -2.85. The molecule has 1 atom stereocenters. The van der Waals surface area contributed by atoms with Crippen molar-refractivity contribution in [3.63, 3.8) is 0 Å². The molecular formula is C23H28ClN7O2S. The third-order valence-corrected chi connectivity index (χ3v) is 6.53. The molecule has 180 valence electrons. The molecule has 1 saturated heterocycles. The second-order valence-corrected chi connectivity index (χ2v) is 9.66. The van der Waals surface area contributed by atoms with Crippen LogP contribution >= 0.6 is 23.4 Å². The van der Waals surface area contributed by atoms with Crippen LogP contribution in [0.25, 0.3) is 11.0 Å². The van der Waals surface area contributed by atoms with Crippen LogP contribution in [0.1, 0.15) is 26.7 Å². The summed E-state index contributed by atoms with van der Waals surface area (Å²) >= 11 is 7.52. The highest BCUT2D eigenvalue weighted by molar-refractivity contribution is 7.99. The number of fused-ring (bicyclic) bond motifs is 1. The van der Waals surface area contributed by atoms with Gasteiger partial charge in [-0.1, -0.05) is 37.2 Å². The van der Waals surface area contributed by atoms with Gasteiger partial charge in [0.15, 0.2) is 10.8 Å². The Morgan fingerprint density at radius 3 is 2.74 bits per heavy atom. The zero-order valence-electron chi connectivity index (χ0n) is 19.3. The molecule has 0 bridgehead atoms. The molecule has 0 aliphatic carbocycles. The Bertz CT molecular complexity index is 1170. The maximum Gasteiger partial charge on any atom is 0.227 e. The van der Waals surface area contributed by atoms with Crippen molar-refractivity contribution in [1.82, 2.24) is 25.1 Å². The van der Waals surface area contributed by atoms with Crippen LogP contribution in [0.3, 0.4) is 0 Å². The average molecular weight is 502 g/mol. The highest BCUT2D eigenvalue weighted by Crippen LogP contribution is 2.27. The molecule has 2 aromatic heterocycles. The molecule has 34 heavy (non-hydrogen) atoms. The number of aromatic nitrogens is 4. The zero-order valence-corrected chi connectivity index (χ0v) is 20.8. The number of hydrogen-bond acceptors (Lipinski definition) is 7. The van der Waals surface area contributed by atoms with Crippen LogP contribution in [0.2, 0.25) is 5.02 Å². The summed E-state index contributed by atoms with van der Waals surface area (Å²) in [5.41, 5.74) is 1.49. The molecule has 0 saturated carbocycles. The average Bonchev–Trinajstić information content (AvgIpc) is 3.42. The van der Waals surface area contributed by atoms with Crippen LogP contribution in [0.5, 0.6) is 0 Å². The molecule has 1 aliphatic rings. The van der Waals surface area contributed by atoms with Crippen molar-refractivity contribution in [2.24, 2.45) is 5.92 Å². The van der Waals surface area contributed by atoms with Gasteiger partial charge >= 0.3 is 0 Å². The second kappa shape index (κ2) is 11.1. The van der Waals surface area contributed by atoms with Gasteiger partial charge in [0.05, 0.1) is 24.0 Å². The molecule has 11 heteroatoms. The summed E-state index contributed by atoms with van der Waals surface area (Å²) in [5, 5.41) is 12.9. The van der Waals surface area contributed by atoms with Crippen LogP contribution in [-0.4, -0.2) is 56.9 Å². The minimum atomic E-state index is -0.391. The third kappa shape index (κ3) is 5.44. The zero-order chi connectivity index (χ0) is 24.1. The number of rotatable bonds is 10. The van der Waals surface area contributed by atoms with E-state index in [9.17, 15) is 9.59 Å². The van der Waals surface area contributed by atoms with Crippen molar-refractivity contribution in [1.29, 1.82) is 0 Å². The number of nitrogens with zero attached hydrogens (tertiary/aromatic N) is 5. The van der Waals surface area contributed by atoms with Crippen molar-refractivity contribution in [2.75, 3.05) is 35.6 Å². The highest BCUT2D eigenvalue weighted by atomic mass is 35.5. The molecule has 9 nitrogen and oxygen atoms in total. The predicted molar refractivity (Wildman–Crippen MR) is 135 cm³/mol. The third-order valence-electron chi connectivity index (χ3n) is 5.55. The maximum absolute atomic E-state index is 12.7. The molecule has 4 rings (SSSR count). The normalized spacial score (nSPS) is 15.8. The summed E-state index contributed by atoms with van der Waals surface area (Å²) in [6.07, 6.45) is 2.94. The molecule has 0 radical (unpaired) electrons. The van der Waals surface area contributed by atoms with E-state index in [1.807, 2.05) is 0 Å². The Morgan fingerprint density at radius 2 is 2.00 bits per heavy atom. The Kier molecular flexibility index (Phi) is 7.89. The molecule has 1 aliphatic heterocycles. The Morgan fingerprint density at radius 1 is 1.21 bits per heavy atom. The van der Waals surface area contributed by atoms with Gasteiger partial charge < -0.3 is 15.5 Å². The Balaban J connectivity index is 1.38. The lowest BCUT2D eigenvalue weighted by molar-refractivity contribution is -0.126. The fourth-order valence-electron chi connectivity index (χ4n) is 3.85. The van der Waals surface area contributed by atoms with Crippen molar-refractivity contribution in [3.05, 3.63) is 35.5 Å². The molecule has 2 N–H and O–H groups in total. The molecule has 0 spiro atoms. The van der Waals surface area contributed by atoms with E-state index in [1.54, 1.807) is 51.8 Å². The van der Waals surface area contributed by atoms with E-state index in [4.69, 9.17) is 11.6 Å². The lowest BCUT2D eigenvalue weighted by Crippen LogP contribution is -2.35. The van der Waals surface area contributed by atoms with E-state index in [2.05, 4.69) is 39.5 Å². The summed E-state index contributed by atoms with van der Waals surface area (Å²) in [6.45, 7) is 6.19. The summed E-state index contributed by atoms with van der Waals surface area (Å²) in [6, 6.07) is 7.06. The maximum atomic E-state index is 12.7. The summed E-state index contributed by atoms with van der Waals surface area (Å²) in [7, 11) is 0. The van der Waals surface area contributed by atoms with Crippen LogP contribution in [0, 0.1) is 5.92 Å². The van der Waals surface area contributed by atoms with Crippen LogP contribution in [0.15, 0.2) is 35.6 Å². The number of hydrogen-bond donors (Lipinski definition) is 2. The van der Waals surface area contributed by atoms with E-state index in [-0.39, 0.29) is 18.2 Å². The molecule has 3 aromatic rings. The van der Waals surface area contributed by atoms with Gasteiger partial charge in [-0.3, -0.25) is 9.59 Å². The van der Waals surface area contributed by atoms with Crippen molar-refractivity contribution in [2.45, 2.75) is 38.4 Å². The fraction of sp³-hybridized carbons (Fsp3) is 0.435. The van der Waals surface area contributed by atoms with Crippen LogP contribution in [-0.2, 0) is 16.1 Å². The minimum absolute atomic E-state index is 0.0645. The van der Waals surface area contributed by atoms with Gasteiger partial charge in [-0.15, -0.1) is 0 Å². The molecule has 1 fully saturated rings. The number of thioether (sulfide) groups is 1. The van der Waals surface area contributed by atoms with Gasteiger partial charge in [0.2, 0.25) is 11.8 Å². The second-order valence-electron chi connectivity index (χ2n) is 7.99. The number of anilines is 2. The molecular weight excluding hydrogens is 474 g/mol. The largest absolute Gasteiger partial charge is 0.369 e. The number of nitrogens with one attached hydrogen (secondary N) is 2. The van der Waals surface area contributed by atoms with Gasteiger partial charge in [-0.2, -0.15) is 5.10 Å². The number of benzene rings is 1. The molecule has 3 heterocycles. The quantitative estimate of drug-likeness (QED) is 0.323. The molecule has 1 aromatic carbocycles. The molecule has 1 unspecified atom stereocenters. The summed E-state index contributed by atoms with van der Waals surface area (Å²) < 4.78 is 1.79. The van der Waals surface area contributed by atoms with Gasteiger partial charge in [-0.25, -0.2) is 14.6 Å².